The highest BCUT2D eigenvalue weighted by molar-refractivity contribution is 5.91. The summed E-state index contributed by atoms with van der Waals surface area (Å²) in [6, 6.07) is 18.6. The molecule has 3 N–H and O–H groups in total. The first-order valence-corrected chi connectivity index (χ1v) is 10.2. The Morgan fingerprint density at radius 2 is 1.70 bits per heavy atom. The quantitative estimate of drug-likeness (QED) is 0.431. The average Bonchev–Trinajstić information content (AvgIpc) is 3.28. The van der Waals surface area contributed by atoms with E-state index in [1.165, 1.54) is 18.4 Å². The Morgan fingerprint density at radius 3 is 2.33 bits per heavy atom. The van der Waals surface area contributed by atoms with Crippen LogP contribution >= 0.6 is 0 Å². The van der Waals surface area contributed by atoms with Crippen LogP contribution in [0, 0.1) is 0 Å². The number of hydrogen-bond donors (Lipinski definition) is 3. The monoisotopic (exact) mass is 397 g/mol. The maximum atomic E-state index is 12.3. The minimum atomic E-state index is -0.0566. The number of amides is 1. The van der Waals surface area contributed by atoms with Crippen molar-refractivity contribution in [2.45, 2.75) is 31.6 Å². The molecule has 2 heterocycles. The second-order valence-electron chi connectivity index (χ2n) is 7.81. The molecule has 1 fully saturated rings. The summed E-state index contributed by atoms with van der Waals surface area (Å²) in [6.45, 7) is 0. The van der Waals surface area contributed by atoms with Crippen molar-refractivity contribution in [1.82, 2.24) is 20.2 Å². The first-order chi connectivity index (χ1) is 14.7. The van der Waals surface area contributed by atoms with E-state index in [0.29, 0.717) is 18.2 Å². The van der Waals surface area contributed by atoms with Gasteiger partial charge in [-0.05, 0) is 35.1 Å². The van der Waals surface area contributed by atoms with Gasteiger partial charge in [0.05, 0.1) is 6.42 Å². The summed E-state index contributed by atoms with van der Waals surface area (Å²) in [5.41, 5.74) is 5.59. The van der Waals surface area contributed by atoms with Crippen molar-refractivity contribution in [2.75, 3.05) is 5.32 Å². The van der Waals surface area contributed by atoms with E-state index >= 15 is 0 Å². The third kappa shape index (κ3) is 4.33. The van der Waals surface area contributed by atoms with E-state index in [0.717, 1.165) is 34.6 Å². The fraction of sp³-hybridized carbons (Fsp3) is 0.208. The molecule has 2 aromatic carbocycles. The van der Waals surface area contributed by atoms with Gasteiger partial charge in [-0.15, -0.1) is 0 Å². The molecule has 0 spiro atoms. The van der Waals surface area contributed by atoms with Crippen LogP contribution in [0.5, 0.6) is 0 Å². The normalized spacial score (nSPS) is 13.3. The average molecular weight is 397 g/mol. The van der Waals surface area contributed by atoms with Crippen LogP contribution in [0.1, 0.15) is 41.4 Å². The van der Waals surface area contributed by atoms with Crippen LogP contribution in [0.2, 0.25) is 0 Å². The number of H-pyrrole nitrogens is 2. The number of rotatable bonds is 7. The van der Waals surface area contributed by atoms with Crippen LogP contribution in [0.25, 0.3) is 11.1 Å². The molecule has 30 heavy (non-hydrogen) atoms. The molecule has 2 aromatic heterocycles. The molecule has 1 amide bonds. The van der Waals surface area contributed by atoms with E-state index < -0.39 is 0 Å². The third-order valence-corrected chi connectivity index (χ3v) is 5.41. The number of carbonyl (C=O) groups excluding carboxylic acids is 1. The minimum Gasteiger partial charge on any atom is -0.348 e. The maximum Gasteiger partial charge on any atom is 0.229 e. The number of imidazole rings is 1. The molecular weight excluding hydrogens is 374 g/mol. The van der Waals surface area contributed by atoms with Crippen molar-refractivity contribution < 1.29 is 4.79 Å². The molecule has 0 unspecified atom stereocenters. The predicted octanol–water partition coefficient (Wildman–Crippen LogP) is 4.45. The number of benzene rings is 2. The van der Waals surface area contributed by atoms with E-state index in [1.54, 1.807) is 6.20 Å². The van der Waals surface area contributed by atoms with E-state index in [-0.39, 0.29) is 5.91 Å². The van der Waals surface area contributed by atoms with Crippen molar-refractivity contribution in [1.29, 1.82) is 0 Å². The number of aromatic amines is 2. The lowest BCUT2D eigenvalue weighted by Gasteiger charge is -2.06. The van der Waals surface area contributed by atoms with Gasteiger partial charge in [-0.25, -0.2) is 4.98 Å². The zero-order valence-electron chi connectivity index (χ0n) is 16.6. The largest absolute Gasteiger partial charge is 0.348 e. The number of carbonyl (C=O) groups is 1. The van der Waals surface area contributed by atoms with E-state index in [1.807, 2.05) is 24.4 Å². The zero-order valence-corrected chi connectivity index (χ0v) is 16.6. The Balaban J connectivity index is 1.18. The second-order valence-corrected chi connectivity index (χ2v) is 7.81. The van der Waals surface area contributed by atoms with Crippen LogP contribution < -0.4 is 5.32 Å². The molecule has 0 saturated heterocycles. The topological polar surface area (TPSA) is 86.5 Å². The fourth-order valence-electron chi connectivity index (χ4n) is 3.59. The van der Waals surface area contributed by atoms with Crippen LogP contribution in [-0.2, 0) is 17.6 Å². The number of anilines is 1. The first-order valence-electron chi connectivity index (χ1n) is 10.2. The van der Waals surface area contributed by atoms with E-state index in [4.69, 9.17) is 0 Å². The van der Waals surface area contributed by atoms with Crippen molar-refractivity contribution in [2.24, 2.45) is 0 Å². The lowest BCUT2D eigenvalue weighted by atomic mass is 10.0. The lowest BCUT2D eigenvalue weighted by molar-refractivity contribution is -0.115. The maximum absolute atomic E-state index is 12.3. The van der Waals surface area contributed by atoms with Crippen LogP contribution in [0.3, 0.4) is 0 Å². The predicted molar refractivity (Wildman–Crippen MR) is 116 cm³/mol. The van der Waals surface area contributed by atoms with Gasteiger partial charge in [0.15, 0.2) is 5.82 Å². The van der Waals surface area contributed by atoms with Gasteiger partial charge in [0.25, 0.3) is 0 Å². The Bertz CT molecular complexity index is 1120. The van der Waals surface area contributed by atoms with Gasteiger partial charge in [0.2, 0.25) is 5.91 Å². The lowest BCUT2D eigenvalue weighted by Crippen LogP contribution is -2.14. The molecule has 150 valence electrons. The van der Waals surface area contributed by atoms with Crippen LogP contribution in [0.15, 0.2) is 67.0 Å². The highest BCUT2D eigenvalue weighted by Gasteiger charge is 2.25. The van der Waals surface area contributed by atoms with Gasteiger partial charge in [-0.1, -0.05) is 48.5 Å². The number of nitrogens with one attached hydrogen (secondary N) is 3. The summed E-state index contributed by atoms with van der Waals surface area (Å²) < 4.78 is 0. The van der Waals surface area contributed by atoms with Crippen LogP contribution in [0.4, 0.5) is 5.82 Å². The van der Waals surface area contributed by atoms with Crippen molar-refractivity contribution in [3.63, 3.8) is 0 Å². The SMILES string of the molecule is O=C(Cc1ccc(-c2ccc(Cc3ncc[nH]3)cc2)cc1)Nc1cc(C2CC2)[nH]n1. The van der Waals surface area contributed by atoms with Gasteiger partial charge in [-0.3, -0.25) is 9.89 Å². The molecule has 0 bridgehead atoms. The van der Waals surface area contributed by atoms with Gasteiger partial charge < -0.3 is 10.3 Å². The molecule has 1 aliphatic rings. The Hall–Kier alpha value is -3.67. The van der Waals surface area contributed by atoms with E-state index in [2.05, 4.69) is 61.9 Å². The summed E-state index contributed by atoms with van der Waals surface area (Å²) in [5, 5.41) is 10.1. The minimum absolute atomic E-state index is 0.0566. The molecule has 0 atom stereocenters. The Kier molecular flexibility index (Phi) is 4.89. The molecule has 1 aliphatic carbocycles. The van der Waals surface area contributed by atoms with Gasteiger partial charge in [0, 0.05) is 36.5 Å². The van der Waals surface area contributed by atoms with Crippen LogP contribution in [-0.4, -0.2) is 26.1 Å². The fourth-order valence-corrected chi connectivity index (χ4v) is 3.59. The summed E-state index contributed by atoms with van der Waals surface area (Å²) >= 11 is 0. The molecule has 5 rings (SSSR count). The molecule has 4 aromatic rings. The Labute approximate surface area is 174 Å². The van der Waals surface area contributed by atoms with Crippen molar-refractivity contribution in [3.05, 3.63) is 89.6 Å². The summed E-state index contributed by atoms with van der Waals surface area (Å²) in [4.78, 5) is 19.7. The second kappa shape index (κ2) is 7.99. The smallest absolute Gasteiger partial charge is 0.229 e. The van der Waals surface area contributed by atoms with Crippen molar-refractivity contribution >= 4 is 11.7 Å². The van der Waals surface area contributed by atoms with Gasteiger partial charge >= 0.3 is 0 Å². The molecular formula is C24H23N5O. The standard InChI is InChI=1S/C24H23N5O/c30-24(27-23-15-21(28-29-23)20-9-10-20)14-17-3-7-19(8-4-17)18-5-1-16(2-6-18)13-22-25-11-12-26-22/h1-8,11-12,15,20H,9-10,13-14H2,(H,25,26)(H2,27,28,29,30). The summed E-state index contributed by atoms with van der Waals surface area (Å²) in [6.07, 6.45) is 7.13. The van der Waals surface area contributed by atoms with Gasteiger partial charge in [-0.2, -0.15) is 5.10 Å². The first kappa shape index (κ1) is 18.4. The van der Waals surface area contributed by atoms with Crippen molar-refractivity contribution in [3.8, 4) is 11.1 Å². The molecule has 0 radical (unpaired) electrons. The molecule has 6 nitrogen and oxygen atoms in total. The number of hydrogen-bond acceptors (Lipinski definition) is 3. The zero-order chi connectivity index (χ0) is 20.3. The summed E-state index contributed by atoms with van der Waals surface area (Å²) in [7, 11) is 0. The van der Waals surface area contributed by atoms with E-state index in [9.17, 15) is 4.79 Å². The van der Waals surface area contributed by atoms with Gasteiger partial charge in [0.1, 0.15) is 5.82 Å². The highest BCUT2D eigenvalue weighted by Crippen LogP contribution is 2.39. The third-order valence-electron chi connectivity index (χ3n) is 5.41. The molecule has 1 saturated carbocycles. The summed E-state index contributed by atoms with van der Waals surface area (Å²) in [5.74, 6) is 2.10. The number of aromatic nitrogens is 4. The molecule has 0 aliphatic heterocycles. The molecule has 6 heteroatoms. The Morgan fingerprint density at radius 1 is 1.00 bits per heavy atom. The highest BCUT2D eigenvalue weighted by atomic mass is 16.1. The number of nitrogens with zero attached hydrogens (tertiary/aromatic N) is 2.